The second-order valence-electron chi connectivity index (χ2n) is 3.59. The van der Waals surface area contributed by atoms with E-state index in [9.17, 15) is 0 Å². The summed E-state index contributed by atoms with van der Waals surface area (Å²) in [4.78, 5) is 6.40. The van der Waals surface area contributed by atoms with Gasteiger partial charge in [-0.25, -0.2) is 4.98 Å². The molecule has 0 radical (unpaired) electrons. The summed E-state index contributed by atoms with van der Waals surface area (Å²) >= 11 is 1.68. The van der Waals surface area contributed by atoms with E-state index in [0.717, 1.165) is 24.4 Å². The lowest BCUT2D eigenvalue weighted by atomic mass is 10.1. The van der Waals surface area contributed by atoms with Crippen LogP contribution >= 0.6 is 11.3 Å². The van der Waals surface area contributed by atoms with Crippen LogP contribution in [0.15, 0.2) is 11.6 Å². The van der Waals surface area contributed by atoms with Crippen molar-refractivity contribution < 1.29 is 0 Å². The summed E-state index contributed by atoms with van der Waals surface area (Å²) in [5.74, 6) is 5.48. The van der Waals surface area contributed by atoms with Gasteiger partial charge in [0.2, 0.25) is 0 Å². The number of nitrogens with two attached hydrogens (primary N) is 1. The second kappa shape index (κ2) is 6.08. The van der Waals surface area contributed by atoms with E-state index in [4.69, 9.17) is 5.84 Å². The van der Waals surface area contributed by atoms with E-state index >= 15 is 0 Å². The van der Waals surface area contributed by atoms with Gasteiger partial charge in [0.1, 0.15) is 0 Å². The summed E-state index contributed by atoms with van der Waals surface area (Å²) < 4.78 is 0. The Morgan fingerprint density at radius 3 is 2.93 bits per heavy atom. The molecule has 1 rings (SSSR count). The van der Waals surface area contributed by atoms with Crippen LogP contribution < -0.4 is 11.3 Å². The average molecular weight is 214 g/mol. The second-order valence-corrected chi connectivity index (χ2v) is 4.56. The Kier molecular flexibility index (Phi) is 5.03. The Morgan fingerprint density at radius 1 is 1.64 bits per heavy atom. The maximum Gasteiger partial charge on any atom is 0.0940 e. The van der Waals surface area contributed by atoms with Crippen molar-refractivity contribution in [1.29, 1.82) is 0 Å². The van der Waals surface area contributed by atoms with Crippen molar-refractivity contribution in [3.05, 3.63) is 16.6 Å². The fourth-order valence-corrected chi connectivity index (χ4v) is 1.92. The van der Waals surface area contributed by atoms with Crippen molar-refractivity contribution in [3.63, 3.8) is 0 Å². The maximum atomic E-state index is 5.48. The highest BCUT2D eigenvalue weighted by Crippen LogP contribution is 2.08. The summed E-state index contributed by atoms with van der Waals surface area (Å²) in [6, 6.07) is 0.323. The molecule has 1 unspecified atom stereocenters. The van der Waals surface area contributed by atoms with Gasteiger partial charge in [0.15, 0.2) is 0 Å². The summed E-state index contributed by atoms with van der Waals surface area (Å²) in [7, 11) is 4.13. The van der Waals surface area contributed by atoms with Crippen molar-refractivity contribution in [2.24, 2.45) is 5.84 Å². The van der Waals surface area contributed by atoms with Crippen molar-refractivity contribution in [2.45, 2.75) is 18.9 Å². The van der Waals surface area contributed by atoms with Gasteiger partial charge in [-0.05, 0) is 27.1 Å². The molecule has 0 aliphatic carbocycles. The average Bonchev–Trinajstić information content (AvgIpc) is 2.64. The quantitative estimate of drug-likeness (QED) is 0.534. The van der Waals surface area contributed by atoms with Crippen LogP contribution in [0.1, 0.15) is 11.4 Å². The van der Waals surface area contributed by atoms with Gasteiger partial charge in [0.25, 0.3) is 0 Å². The molecule has 0 aromatic carbocycles. The molecule has 80 valence electrons. The van der Waals surface area contributed by atoms with Crippen LogP contribution in [0.2, 0.25) is 0 Å². The molecular formula is C9H18N4S. The van der Waals surface area contributed by atoms with Crippen LogP contribution in [0.4, 0.5) is 0 Å². The minimum Gasteiger partial charge on any atom is -0.309 e. The van der Waals surface area contributed by atoms with Gasteiger partial charge in [-0.3, -0.25) is 11.3 Å². The third-order valence-corrected chi connectivity index (χ3v) is 2.87. The summed E-state index contributed by atoms with van der Waals surface area (Å²) in [6.45, 7) is 1.04. The molecule has 0 saturated carbocycles. The molecular weight excluding hydrogens is 196 g/mol. The lowest BCUT2D eigenvalue weighted by molar-refractivity contribution is 0.358. The standard InChI is InChI=1S/C9H18N4S/c1-13(2)5-3-8(12-10)7-9-11-4-6-14-9/h4,6,8,12H,3,5,7,10H2,1-2H3. The van der Waals surface area contributed by atoms with E-state index in [2.05, 4.69) is 29.4 Å². The molecule has 0 aliphatic heterocycles. The van der Waals surface area contributed by atoms with Crippen molar-refractivity contribution in [3.8, 4) is 0 Å². The molecule has 1 atom stereocenters. The lowest BCUT2D eigenvalue weighted by Crippen LogP contribution is -2.38. The van der Waals surface area contributed by atoms with E-state index in [-0.39, 0.29) is 0 Å². The van der Waals surface area contributed by atoms with Crippen LogP contribution in [0, 0.1) is 0 Å². The van der Waals surface area contributed by atoms with Gasteiger partial charge >= 0.3 is 0 Å². The zero-order chi connectivity index (χ0) is 10.4. The molecule has 1 heterocycles. The van der Waals surface area contributed by atoms with Gasteiger partial charge in [-0.1, -0.05) is 0 Å². The Balaban J connectivity index is 2.32. The summed E-state index contributed by atoms with van der Waals surface area (Å²) in [5, 5.41) is 3.14. The molecule has 0 aliphatic rings. The largest absolute Gasteiger partial charge is 0.309 e. The third kappa shape index (κ3) is 4.15. The Bertz CT molecular complexity index is 235. The predicted molar refractivity (Wildman–Crippen MR) is 60.1 cm³/mol. The number of hydrogen-bond donors (Lipinski definition) is 2. The Morgan fingerprint density at radius 2 is 2.43 bits per heavy atom. The maximum absolute atomic E-state index is 5.48. The van der Waals surface area contributed by atoms with Gasteiger partial charge < -0.3 is 4.90 Å². The topological polar surface area (TPSA) is 54.2 Å². The van der Waals surface area contributed by atoms with Crippen LogP contribution in [0.5, 0.6) is 0 Å². The molecule has 0 fully saturated rings. The summed E-state index contributed by atoms with van der Waals surface area (Å²) in [6.07, 6.45) is 3.80. The minimum absolute atomic E-state index is 0.323. The molecule has 1 aromatic rings. The van der Waals surface area contributed by atoms with E-state index < -0.39 is 0 Å². The molecule has 0 bridgehead atoms. The fraction of sp³-hybridized carbons (Fsp3) is 0.667. The predicted octanol–water partition coefficient (Wildman–Crippen LogP) is 0.469. The van der Waals surface area contributed by atoms with E-state index in [1.165, 1.54) is 0 Å². The molecule has 3 N–H and O–H groups in total. The SMILES string of the molecule is CN(C)CCC(Cc1nccs1)NN. The van der Waals surface area contributed by atoms with Crippen LogP contribution in [0.3, 0.4) is 0 Å². The molecule has 14 heavy (non-hydrogen) atoms. The van der Waals surface area contributed by atoms with Crippen LogP contribution in [-0.4, -0.2) is 36.6 Å². The number of aromatic nitrogens is 1. The molecule has 4 nitrogen and oxygen atoms in total. The lowest BCUT2D eigenvalue weighted by Gasteiger charge is -2.17. The minimum atomic E-state index is 0.323. The highest BCUT2D eigenvalue weighted by Gasteiger charge is 2.09. The van der Waals surface area contributed by atoms with Crippen molar-refractivity contribution >= 4 is 11.3 Å². The Hall–Kier alpha value is -0.490. The van der Waals surface area contributed by atoms with Gasteiger partial charge in [-0.2, -0.15) is 0 Å². The zero-order valence-corrected chi connectivity index (χ0v) is 9.55. The number of nitrogens with zero attached hydrogens (tertiary/aromatic N) is 2. The van der Waals surface area contributed by atoms with Gasteiger partial charge in [0, 0.05) is 24.0 Å². The Labute approximate surface area is 89.1 Å². The third-order valence-electron chi connectivity index (χ3n) is 2.06. The first-order chi connectivity index (χ1) is 6.72. The normalized spacial score (nSPS) is 13.4. The van der Waals surface area contributed by atoms with Crippen LogP contribution in [0.25, 0.3) is 0 Å². The number of thiazole rings is 1. The number of hydrogen-bond acceptors (Lipinski definition) is 5. The van der Waals surface area contributed by atoms with E-state index in [1.54, 1.807) is 11.3 Å². The fourth-order valence-electron chi connectivity index (χ4n) is 1.22. The molecule has 5 heteroatoms. The van der Waals surface area contributed by atoms with Gasteiger partial charge in [0.05, 0.1) is 5.01 Å². The first kappa shape index (κ1) is 11.6. The van der Waals surface area contributed by atoms with Gasteiger partial charge in [-0.15, -0.1) is 11.3 Å². The number of rotatable bonds is 6. The monoisotopic (exact) mass is 214 g/mol. The molecule has 0 spiro atoms. The molecule has 1 aromatic heterocycles. The molecule has 0 saturated heterocycles. The zero-order valence-electron chi connectivity index (χ0n) is 8.73. The van der Waals surface area contributed by atoms with E-state index in [0.29, 0.717) is 6.04 Å². The smallest absolute Gasteiger partial charge is 0.0940 e. The summed E-state index contributed by atoms with van der Waals surface area (Å²) in [5.41, 5.74) is 2.84. The van der Waals surface area contributed by atoms with Crippen molar-refractivity contribution in [1.82, 2.24) is 15.3 Å². The highest BCUT2D eigenvalue weighted by molar-refractivity contribution is 7.09. The molecule has 0 amide bonds. The van der Waals surface area contributed by atoms with Crippen molar-refractivity contribution in [2.75, 3.05) is 20.6 Å². The number of hydrazine groups is 1. The first-order valence-corrected chi connectivity index (χ1v) is 5.59. The van der Waals surface area contributed by atoms with E-state index in [1.807, 2.05) is 11.6 Å². The van der Waals surface area contributed by atoms with Crippen LogP contribution in [-0.2, 0) is 6.42 Å². The first-order valence-electron chi connectivity index (χ1n) is 4.71. The number of nitrogens with one attached hydrogen (secondary N) is 1. The highest BCUT2D eigenvalue weighted by atomic mass is 32.1.